The number of likely N-dealkylation sites (tertiary alicyclic amines) is 1. The summed E-state index contributed by atoms with van der Waals surface area (Å²) in [6.45, 7) is 3.88. The topological polar surface area (TPSA) is 58.1 Å². The van der Waals surface area contributed by atoms with Crippen LogP contribution < -0.4 is 14.4 Å². The second kappa shape index (κ2) is 10.1. The Hall–Kier alpha value is -2.61. The quantitative estimate of drug-likeness (QED) is 0.545. The average Bonchev–Trinajstić information content (AvgIpc) is 3.42. The fourth-order valence-electron chi connectivity index (χ4n) is 3.87. The van der Waals surface area contributed by atoms with E-state index in [1.807, 2.05) is 24.3 Å². The lowest BCUT2D eigenvalue weighted by Gasteiger charge is -2.23. The van der Waals surface area contributed by atoms with Crippen LogP contribution in [0.3, 0.4) is 0 Å². The molecule has 1 aliphatic rings. The van der Waals surface area contributed by atoms with Gasteiger partial charge in [-0.2, -0.15) is 0 Å². The van der Waals surface area contributed by atoms with Crippen molar-refractivity contribution in [2.24, 2.45) is 0 Å². The number of benzene rings is 2. The minimum Gasteiger partial charge on any atom is -0.497 e. The molecule has 1 atom stereocenters. The van der Waals surface area contributed by atoms with Gasteiger partial charge in [-0.3, -0.25) is 4.90 Å². The zero-order chi connectivity index (χ0) is 21.6. The van der Waals surface area contributed by atoms with Gasteiger partial charge in [0.1, 0.15) is 11.5 Å². The van der Waals surface area contributed by atoms with Crippen LogP contribution in [0, 0.1) is 0 Å². The number of rotatable bonds is 9. The van der Waals surface area contributed by atoms with E-state index >= 15 is 0 Å². The lowest BCUT2D eigenvalue weighted by atomic mass is 10.1. The maximum absolute atomic E-state index is 9.80. The Morgan fingerprint density at radius 1 is 1.06 bits per heavy atom. The van der Waals surface area contributed by atoms with E-state index in [4.69, 9.17) is 14.5 Å². The third-order valence-electron chi connectivity index (χ3n) is 5.46. The summed E-state index contributed by atoms with van der Waals surface area (Å²) in [7, 11) is 3.38. The van der Waals surface area contributed by atoms with Gasteiger partial charge in [-0.25, -0.2) is 4.98 Å². The predicted molar refractivity (Wildman–Crippen MR) is 124 cm³/mol. The summed E-state index contributed by atoms with van der Waals surface area (Å²) in [5, 5.41) is 12.9. The van der Waals surface area contributed by atoms with Crippen LogP contribution in [0.1, 0.15) is 23.2 Å². The molecule has 0 saturated carbocycles. The molecule has 31 heavy (non-hydrogen) atoms. The molecule has 0 spiro atoms. The maximum atomic E-state index is 9.80. The number of aliphatic hydroxyl groups excluding tert-OH is 1. The minimum atomic E-state index is -0.212. The van der Waals surface area contributed by atoms with E-state index in [2.05, 4.69) is 39.4 Å². The molecule has 1 saturated heterocycles. The molecular formula is C24H29N3O3S. The molecule has 0 radical (unpaired) electrons. The van der Waals surface area contributed by atoms with Crippen LogP contribution in [0.25, 0.3) is 0 Å². The SMILES string of the molecule is COc1cccc(CN(Cc2cccc(OC)c2)c2nc(CN3CCC(O)C3)cs2)c1. The average molecular weight is 440 g/mol. The zero-order valence-electron chi connectivity index (χ0n) is 18.0. The first-order valence-electron chi connectivity index (χ1n) is 10.5. The second-order valence-electron chi connectivity index (χ2n) is 7.86. The van der Waals surface area contributed by atoms with Gasteiger partial charge in [-0.1, -0.05) is 24.3 Å². The van der Waals surface area contributed by atoms with Crippen LogP contribution in [0.5, 0.6) is 11.5 Å². The Kier molecular flexibility index (Phi) is 7.06. The summed E-state index contributed by atoms with van der Waals surface area (Å²) in [6, 6.07) is 16.3. The van der Waals surface area contributed by atoms with Crippen molar-refractivity contribution in [3.63, 3.8) is 0 Å². The van der Waals surface area contributed by atoms with Gasteiger partial charge in [0.15, 0.2) is 5.13 Å². The Labute approximate surface area is 187 Å². The molecule has 1 fully saturated rings. The van der Waals surface area contributed by atoms with Crippen molar-refractivity contribution in [1.29, 1.82) is 0 Å². The molecule has 1 aromatic heterocycles. The van der Waals surface area contributed by atoms with Gasteiger partial charge in [0.2, 0.25) is 0 Å². The number of methoxy groups -OCH3 is 2. The van der Waals surface area contributed by atoms with E-state index in [1.54, 1.807) is 25.6 Å². The Balaban J connectivity index is 1.55. The molecule has 164 valence electrons. The first kappa shape index (κ1) is 21.6. The summed E-state index contributed by atoms with van der Waals surface area (Å²) >= 11 is 1.66. The summed E-state index contributed by atoms with van der Waals surface area (Å²) in [5.74, 6) is 1.71. The monoisotopic (exact) mass is 439 g/mol. The molecular weight excluding hydrogens is 410 g/mol. The van der Waals surface area contributed by atoms with Gasteiger partial charge >= 0.3 is 0 Å². The van der Waals surface area contributed by atoms with Crippen LogP contribution in [-0.2, 0) is 19.6 Å². The Morgan fingerprint density at radius 3 is 2.26 bits per heavy atom. The summed E-state index contributed by atoms with van der Waals surface area (Å²) in [5.41, 5.74) is 3.39. The van der Waals surface area contributed by atoms with Crippen molar-refractivity contribution in [3.05, 3.63) is 70.7 Å². The molecule has 6 nitrogen and oxygen atoms in total. The molecule has 1 unspecified atom stereocenters. The van der Waals surface area contributed by atoms with Crippen molar-refractivity contribution < 1.29 is 14.6 Å². The van der Waals surface area contributed by atoms with Crippen LogP contribution in [-0.4, -0.2) is 48.4 Å². The van der Waals surface area contributed by atoms with Crippen molar-refractivity contribution in [2.45, 2.75) is 32.2 Å². The predicted octanol–water partition coefficient (Wildman–Crippen LogP) is 3.93. The first-order valence-corrected chi connectivity index (χ1v) is 11.4. The molecule has 3 aromatic rings. The first-order chi connectivity index (χ1) is 15.1. The van der Waals surface area contributed by atoms with E-state index in [0.717, 1.165) is 61.5 Å². The second-order valence-corrected chi connectivity index (χ2v) is 8.69. The highest BCUT2D eigenvalue weighted by atomic mass is 32.1. The number of hydrogen-bond donors (Lipinski definition) is 1. The number of thiazole rings is 1. The maximum Gasteiger partial charge on any atom is 0.186 e. The molecule has 0 bridgehead atoms. The van der Waals surface area contributed by atoms with Gasteiger partial charge in [0.05, 0.1) is 26.0 Å². The van der Waals surface area contributed by atoms with Gasteiger partial charge in [0, 0.05) is 38.1 Å². The standard InChI is InChI=1S/C24H29N3O3S/c1-29-22-7-3-5-18(11-22)13-27(14-19-6-4-8-23(12-19)30-2)24-25-20(17-31-24)15-26-10-9-21(28)16-26/h3-8,11-12,17,21,28H,9-10,13-16H2,1-2H3. The highest BCUT2D eigenvalue weighted by Crippen LogP contribution is 2.27. The van der Waals surface area contributed by atoms with E-state index in [1.165, 1.54) is 11.1 Å². The van der Waals surface area contributed by atoms with Crippen LogP contribution in [0.15, 0.2) is 53.9 Å². The van der Waals surface area contributed by atoms with Crippen molar-refractivity contribution >= 4 is 16.5 Å². The van der Waals surface area contributed by atoms with Gasteiger partial charge < -0.3 is 19.5 Å². The molecule has 7 heteroatoms. The number of hydrogen-bond acceptors (Lipinski definition) is 7. The normalized spacial score (nSPS) is 16.4. The number of β-amino-alcohol motifs (C(OH)–C–C–N with tert-alkyl or cyclic N) is 1. The molecule has 0 amide bonds. The molecule has 0 aliphatic carbocycles. The smallest absolute Gasteiger partial charge is 0.186 e. The number of nitrogens with zero attached hydrogens (tertiary/aromatic N) is 3. The highest BCUT2D eigenvalue weighted by molar-refractivity contribution is 7.13. The Bertz CT molecular complexity index is 944. The molecule has 1 N–H and O–H groups in total. The van der Waals surface area contributed by atoms with E-state index in [9.17, 15) is 5.11 Å². The van der Waals surface area contributed by atoms with Crippen molar-refractivity contribution in [1.82, 2.24) is 9.88 Å². The molecule has 1 aliphatic heterocycles. The number of aliphatic hydroxyl groups is 1. The van der Waals surface area contributed by atoms with Crippen LogP contribution >= 0.6 is 11.3 Å². The highest BCUT2D eigenvalue weighted by Gasteiger charge is 2.21. The van der Waals surface area contributed by atoms with E-state index < -0.39 is 0 Å². The third kappa shape index (κ3) is 5.76. The summed E-state index contributed by atoms with van der Waals surface area (Å²) in [4.78, 5) is 9.49. The fraction of sp³-hybridized carbons (Fsp3) is 0.375. The van der Waals surface area contributed by atoms with Gasteiger partial charge in [0.25, 0.3) is 0 Å². The third-order valence-corrected chi connectivity index (χ3v) is 6.41. The molecule has 2 heterocycles. The lowest BCUT2D eigenvalue weighted by Crippen LogP contribution is -2.23. The zero-order valence-corrected chi connectivity index (χ0v) is 18.8. The number of aromatic nitrogens is 1. The van der Waals surface area contributed by atoms with Crippen molar-refractivity contribution in [3.8, 4) is 11.5 Å². The summed E-state index contributed by atoms with van der Waals surface area (Å²) in [6.07, 6.45) is 0.630. The Morgan fingerprint density at radius 2 is 1.71 bits per heavy atom. The van der Waals surface area contributed by atoms with Gasteiger partial charge in [-0.05, 0) is 41.8 Å². The number of ether oxygens (including phenoxy) is 2. The minimum absolute atomic E-state index is 0.212. The van der Waals surface area contributed by atoms with Gasteiger partial charge in [-0.15, -0.1) is 11.3 Å². The molecule has 4 rings (SSSR count). The molecule has 2 aromatic carbocycles. The lowest BCUT2D eigenvalue weighted by molar-refractivity contribution is 0.174. The van der Waals surface area contributed by atoms with Crippen LogP contribution in [0.4, 0.5) is 5.13 Å². The van der Waals surface area contributed by atoms with Crippen LogP contribution in [0.2, 0.25) is 0 Å². The number of anilines is 1. The van der Waals surface area contributed by atoms with E-state index in [0.29, 0.717) is 0 Å². The largest absolute Gasteiger partial charge is 0.497 e. The van der Waals surface area contributed by atoms with Crippen molar-refractivity contribution in [2.75, 3.05) is 32.2 Å². The summed E-state index contributed by atoms with van der Waals surface area (Å²) < 4.78 is 10.8. The van der Waals surface area contributed by atoms with E-state index in [-0.39, 0.29) is 6.10 Å². The fourth-order valence-corrected chi connectivity index (χ4v) is 4.69.